The third kappa shape index (κ3) is 4.60. The number of halogens is 3. The van der Waals surface area contributed by atoms with Crippen LogP contribution in [0.4, 0.5) is 18.9 Å². The van der Waals surface area contributed by atoms with Gasteiger partial charge in [-0.05, 0) is 51.4 Å². The summed E-state index contributed by atoms with van der Waals surface area (Å²) in [4.78, 5) is 12.4. The number of hydrogen-bond acceptors (Lipinski definition) is 3. The summed E-state index contributed by atoms with van der Waals surface area (Å²) in [6.45, 7) is 4.74. The SMILES string of the molecule is CCOc1ccc(C(F)(F)F)cc1NC(=O)[C@H]1CCN[C@@H](C)C1. The van der Waals surface area contributed by atoms with Crippen LogP contribution in [0.15, 0.2) is 18.2 Å². The van der Waals surface area contributed by atoms with Gasteiger partial charge in [0.1, 0.15) is 5.75 Å². The maximum atomic E-state index is 12.9. The van der Waals surface area contributed by atoms with Gasteiger partial charge >= 0.3 is 6.18 Å². The van der Waals surface area contributed by atoms with E-state index in [4.69, 9.17) is 4.74 Å². The Morgan fingerprint density at radius 3 is 2.78 bits per heavy atom. The van der Waals surface area contributed by atoms with E-state index < -0.39 is 11.7 Å². The first-order valence-electron chi connectivity index (χ1n) is 7.69. The summed E-state index contributed by atoms with van der Waals surface area (Å²) in [5.41, 5.74) is -0.743. The number of rotatable bonds is 4. The second kappa shape index (κ2) is 7.21. The Kier molecular flexibility index (Phi) is 5.51. The van der Waals surface area contributed by atoms with Crippen LogP contribution in [-0.4, -0.2) is 25.1 Å². The summed E-state index contributed by atoms with van der Waals surface area (Å²) >= 11 is 0. The molecule has 1 aliphatic rings. The third-order valence-electron chi connectivity index (χ3n) is 3.86. The summed E-state index contributed by atoms with van der Waals surface area (Å²) < 4.78 is 43.9. The van der Waals surface area contributed by atoms with Gasteiger partial charge in [0.25, 0.3) is 0 Å². The number of anilines is 1. The van der Waals surface area contributed by atoms with Gasteiger partial charge in [-0.3, -0.25) is 4.79 Å². The van der Waals surface area contributed by atoms with Crippen molar-refractivity contribution in [2.45, 2.75) is 38.9 Å². The molecule has 4 nitrogen and oxygen atoms in total. The first-order valence-corrected chi connectivity index (χ1v) is 7.69. The molecule has 0 aliphatic carbocycles. The molecule has 0 radical (unpaired) electrons. The highest BCUT2D eigenvalue weighted by atomic mass is 19.4. The van der Waals surface area contributed by atoms with E-state index in [9.17, 15) is 18.0 Å². The summed E-state index contributed by atoms with van der Waals surface area (Å²) in [7, 11) is 0. The van der Waals surface area contributed by atoms with Crippen LogP contribution in [0, 0.1) is 5.92 Å². The highest BCUT2D eigenvalue weighted by Crippen LogP contribution is 2.35. The maximum absolute atomic E-state index is 12.9. The van der Waals surface area contributed by atoms with Crippen LogP contribution in [-0.2, 0) is 11.0 Å². The fourth-order valence-electron chi connectivity index (χ4n) is 2.69. The molecule has 23 heavy (non-hydrogen) atoms. The Hall–Kier alpha value is -1.76. The maximum Gasteiger partial charge on any atom is 0.416 e. The molecule has 2 atom stereocenters. The number of hydrogen-bond donors (Lipinski definition) is 2. The van der Waals surface area contributed by atoms with Crippen molar-refractivity contribution in [3.63, 3.8) is 0 Å². The molecule has 0 aromatic heterocycles. The number of piperidine rings is 1. The topological polar surface area (TPSA) is 50.4 Å². The molecule has 128 valence electrons. The van der Waals surface area contributed by atoms with E-state index >= 15 is 0 Å². The predicted molar refractivity (Wildman–Crippen MR) is 81.4 cm³/mol. The lowest BCUT2D eigenvalue weighted by molar-refractivity contribution is -0.137. The smallest absolute Gasteiger partial charge is 0.416 e. The molecule has 1 aliphatic heterocycles. The van der Waals surface area contributed by atoms with E-state index in [1.165, 1.54) is 6.07 Å². The molecule has 2 N–H and O–H groups in total. The van der Waals surface area contributed by atoms with Gasteiger partial charge in [-0.2, -0.15) is 13.2 Å². The molecule has 0 unspecified atom stereocenters. The lowest BCUT2D eigenvalue weighted by Gasteiger charge is -2.27. The van der Waals surface area contributed by atoms with Crippen molar-refractivity contribution in [3.8, 4) is 5.75 Å². The van der Waals surface area contributed by atoms with Gasteiger partial charge in [-0.15, -0.1) is 0 Å². The first kappa shape index (κ1) is 17.6. The van der Waals surface area contributed by atoms with E-state index in [1.807, 2.05) is 6.92 Å². The van der Waals surface area contributed by atoms with Gasteiger partial charge in [-0.25, -0.2) is 0 Å². The number of carbonyl (C=O) groups excluding carboxylic acids is 1. The second-order valence-electron chi connectivity index (χ2n) is 5.71. The van der Waals surface area contributed by atoms with Gasteiger partial charge in [0.15, 0.2) is 0 Å². The molecule has 1 aromatic carbocycles. The van der Waals surface area contributed by atoms with E-state index in [1.54, 1.807) is 6.92 Å². The first-order chi connectivity index (χ1) is 10.8. The summed E-state index contributed by atoms with van der Waals surface area (Å²) in [5, 5.41) is 5.84. The molecule has 0 spiro atoms. The molecular formula is C16H21F3N2O2. The lowest BCUT2D eigenvalue weighted by Crippen LogP contribution is -2.40. The minimum absolute atomic E-state index is 0.0675. The molecule has 1 aromatic rings. The fourth-order valence-corrected chi connectivity index (χ4v) is 2.69. The number of amides is 1. The highest BCUT2D eigenvalue weighted by Gasteiger charge is 2.32. The average molecular weight is 330 g/mol. The number of benzene rings is 1. The van der Waals surface area contributed by atoms with Crippen molar-refractivity contribution in [1.29, 1.82) is 0 Å². The average Bonchev–Trinajstić information content (AvgIpc) is 2.48. The van der Waals surface area contributed by atoms with Crippen LogP contribution in [0.25, 0.3) is 0 Å². The number of nitrogens with one attached hydrogen (secondary N) is 2. The van der Waals surface area contributed by atoms with Crippen molar-refractivity contribution in [2.75, 3.05) is 18.5 Å². The van der Waals surface area contributed by atoms with Crippen molar-refractivity contribution in [1.82, 2.24) is 5.32 Å². The summed E-state index contributed by atoms with van der Waals surface area (Å²) in [6.07, 6.45) is -3.14. The van der Waals surface area contributed by atoms with Crippen LogP contribution < -0.4 is 15.4 Å². The Bertz CT molecular complexity index is 561. The quantitative estimate of drug-likeness (QED) is 0.889. The molecule has 2 rings (SSSR count). The van der Waals surface area contributed by atoms with Crippen molar-refractivity contribution in [2.24, 2.45) is 5.92 Å². The van der Waals surface area contributed by atoms with E-state index in [0.717, 1.165) is 18.7 Å². The Balaban J connectivity index is 2.20. The van der Waals surface area contributed by atoms with Gasteiger partial charge in [0.05, 0.1) is 17.9 Å². The van der Waals surface area contributed by atoms with Crippen molar-refractivity contribution in [3.05, 3.63) is 23.8 Å². The van der Waals surface area contributed by atoms with E-state index in [0.29, 0.717) is 19.4 Å². The zero-order chi connectivity index (χ0) is 17.0. The Morgan fingerprint density at radius 1 is 1.43 bits per heavy atom. The Morgan fingerprint density at radius 2 is 2.17 bits per heavy atom. The molecule has 1 saturated heterocycles. The Labute approximate surface area is 133 Å². The monoisotopic (exact) mass is 330 g/mol. The third-order valence-corrected chi connectivity index (χ3v) is 3.86. The van der Waals surface area contributed by atoms with Crippen LogP contribution >= 0.6 is 0 Å². The van der Waals surface area contributed by atoms with Crippen LogP contribution in [0.1, 0.15) is 32.3 Å². The minimum Gasteiger partial charge on any atom is -0.492 e. The van der Waals surface area contributed by atoms with Crippen LogP contribution in [0.5, 0.6) is 5.75 Å². The lowest BCUT2D eigenvalue weighted by atomic mass is 9.92. The minimum atomic E-state index is -4.46. The summed E-state index contributed by atoms with van der Waals surface area (Å²) in [5.74, 6) is -0.232. The fraction of sp³-hybridized carbons (Fsp3) is 0.562. The van der Waals surface area contributed by atoms with E-state index in [2.05, 4.69) is 10.6 Å². The molecular weight excluding hydrogens is 309 g/mol. The van der Waals surface area contributed by atoms with Gasteiger partial charge < -0.3 is 15.4 Å². The van der Waals surface area contributed by atoms with Gasteiger partial charge in [0.2, 0.25) is 5.91 Å². The van der Waals surface area contributed by atoms with Crippen molar-refractivity contribution >= 4 is 11.6 Å². The molecule has 0 bridgehead atoms. The largest absolute Gasteiger partial charge is 0.492 e. The van der Waals surface area contributed by atoms with E-state index in [-0.39, 0.29) is 29.3 Å². The molecule has 1 heterocycles. The number of carbonyl (C=O) groups is 1. The number of alkyl halides is 3. The standard InChI is InChI=1S/C16H21F3N2O2/c1-3-23-14-5-4-12(16(17,18)19)9-13(14)21-15(22)11-6-7-20-10(2)8-11/h4-5,9-11,20H,3,6-8H2,1-2H3,(H,21,22)/t10-,11-/m0/s1. The zero-order valence-electron chi connectivity index (χ0n) is 13.2. The zero-order valence-corrected chi connectivity index (χ0v) is 13.2. The molecule has 1 amide bonds. The van der Waals surface area contributed by atoms with Crippen LogP contribution in [0.3, 0.4) is 0 Å². The molecule has 7 heteroatoms. The highest BCUT2D eigenvalue weighted by molar-refractivity contribution is 5.94. The van der Waals surface area contributed by atoms with Crippen LogP contribution in [0.2, 0.25) is 0 Å². The second-order valence-corrected chi connectivity index (χ2v) is 5.71. The predicted octanol–water partition coefficient (Wildman–Crippen LogP) is 3.43. The number of ether oxygens (including phenoxy) is 1. The molecule has 0 saturated carbocycles. The van der Waals surface area contributed by atoms with Gasteiger partial charge in [0, 0.05) is 12.0 Å². The van der Waals surface area contributed by atoms with Gasteiger partial charge in [-0.1, -0.05) is 0 Å². The molecule has 1 fully saturated rings. The summed E-state index contributed by atoms with van der Waals surface area (Å²) in [6, 6.07) is 3.33. The normalized spacial score (nSPS) is 21.8. The van der Waals surface area contributed by atoms with Crippen molar-refractivity contribution < 1.29 is 22.7 Å².